The molecule has 0 aliphatic rings. The van der Waals surface area contributed by atoms with Crippen molar-refractivity contribution >= 4 is 23.6 Å². The van der Waals surface area contributed by atoms with Crippen molar-refractivity contribution in [2.24, 2.45) is 9.74 Å². The van der Waals surface area contributed by atoms with E-state index in [9.17, 15) is 52.7 Å². The van der Waals surface area contributed by atoms with Crippen LogP contribution < -0.4 is 10.6 Å². The van der Waals surface area contributed by atoms with E-state index in [0.717, 1.165) is 0 Å². The first-order valence-electron chi connectivity index (χ1n) is 11.3. The third kappa shape index (κ3) is 7.20. The molecule has 0 aliphatic heterocycles. The highest BCUT2D eigenvalue weighted by atomic mass is 31.2. The topological polar surface area (TPSA) is 34.0 Å². The molecule has 0 aromatic heterocycles. The SMILES string of the molecule is CCOP(=NC(CC(C)(C)N=C(C(F)(F)F)C(F)(F)F)(C(F)(F)F)C(F)(F)F)(c1ccccc1)c1ccccc1. The molecule has 0 heterocycles. The van der Waals surface area contributed by atoms with Gasteiger partial charge in [-0.1, -0.05) is 60.7 Å². The first-order chi connectivity index (χ1) is 18.0. The number of rotatable bonds is 8. The van der Waals surface area contributed by atoms with Crippen molar-refractivity contribution in [3.8, 4) is 0 Å². The summed E-state index contributed by atoms with van der Waals surface area (Å²) in [6.07, 6.45) is -27.6. The molecule has 2 aromatic carbocycles. The van der Waals surface area contributed by atoms with Gasteiger partial charge < -0.3 is 4.52 Å². The lowest BCUT2D eigenvalue weighted by atomic mass is 9.83. The average molecular weight is 614 g/mol. The Bertz CT molecular complexity index is 1140. The Kier molecular flexibility index (Phi) is 9.58. The third-order valence-corrected chi connectivity index (χ3v) is 8.67. The van der Waals surface area contributed by atoms with Crippen molar-refractivity contribution in [2.45, 2.75) is 63.0 Å². The molecule has 2 aromatic rings. The van der Waals surface area contributed by atoms with E-state index < -0.39 is 61.8 Å². The van der Waals surface area contributed by atoms with Gasteiger partial charge in [0.1, 0.15) is 7.28 Å². The van der Waals surface area contributed by atoms with Crippen molar-refractivity contribution in [3.63, 3.8) is 0 Å². The lowest BCUT2D eigenvalue weighted by Gasteiger charge is -2.41. The fourth-order valence-corrected chi connectivity index (χ4v) is 7.08. The number of aliphatic imine (C=N–C) groups is 1. The zero-order valence-corrected chi connectivity index (χ0v) is 21.9. The van der Waals surface area contributed by atoms with Crippen molar-refractivity contribution in [1.82, 2.24) is 0 Å². The van der Waals surface area contributed by atoms with Gasteiger partial charge in [0.2, 0.25) is 5.71 Å². The van der Waals surface area contributed by atoms with Crippen molar-refractivity contribution in [1.29, 1.82) is 0 Å². The highest BCUT2D eigenvalue weighted by Gasteiger charge is 2.73. The van der Waals surface area contributed by atoms with Crippen molar-refractivity contribution in [3.05, 3.63) is 60.7 Å². The maximum atomic E-state index is 14.7. The maximum Gasteiger partial charge on any atom is 0.438 e. The fourth-order valence-electron chi connectivity index (χ4n) is 3.90. The minimum Gasteiger partial charge on any atom is -0.337 e. The predicted molar refractivity (Wildman–Crippen MR) is 126 cm³/mol. The Labute approximate surface area is 221 Å². The van der Waals surface area contributed by atoms with Crippen LogP contribution in [0.5, 0.6) is 0 Å². The van der Waals surface area contributed by atoms with Gasteiger partial charge in [0.15, 0.2) is 0 Å². The van der Waals surface area contributed by atoms with Crippen molar-refractivity contribution < 1.29 is 57.2 Å². The molecule has 0 aliphatic carbocycles. The summed E-state index contributed by atoms with van der Waals surface area (Å²) in [7, 11) is -4.51. The van der Waals surface area contributed by atoms with Gasteiger partial charge in [-0.25, -0.2) is 4.74 Å². The van der Waals surface area contributed by atoms with Crippen LogP contribution in [0, 0.1) is 0 Å². The summed E-state index contributed by atoms with van der Waals surface area (Å²) in [6, 6.07) is 12.7. The number of alkyl halides is 12. The largest absolute Gasteiger partial charge is 0.438 e. The summed E-state index contributed by atoms with van der Waals surface area (Å²) in [6.45, 7) is 1.45. The van der Waals surface area contributed by atoms with Crippen LogP contribution in [0.3, 0.4) is 0 Å². The van der Waals surface area contributed by atoms with E-state index in [2.05, 4.69) is 9.74 Å². The van der Waals surface area contributed by atoms with Gasteiger partial charge in [0.05, 0.1) is 12.1 Å². The molecule has 0 atom stereocenters. The van der Waals surface area contributed by atoms with Crippen LogP contribution in [-0.2, 0) is 4.52 Å². The van der Waals surface area contributed by atoms with Gasteiger partial charge in [-0.05, 0) is 20.8 Å². The number of hydrogen-bond donors (Lipinski definition) is 0. The van der Waals surface area contributed by atoms with Crippen LogP contribution in [-0.4, -0.2) is 48.1 Å². The Morgan fingerprint density at radius 2 is 1.05 bits per heavy atom. The zero-order chi connectivity index (χ0) is 30.8. The molecule has 2 rings (SSSR count). The maximum absolute atomic E-state index is 14.7. The van der Waals surface area contributed by atoms with E-state index in [1.165, 1.54) is 67.6 Å². The van der Waals surface area contributed by atoms with Crippen LogP contribution >= 0.6 is 7.28 Å². The molecule has 224 valence electrons. The molecule has 0 saturated heterocycles. The monoisotopic (exact) mass is 614 g/mol. The normalized spacial score (nSPS) is 14.2. The summed E-state index contributed by atoms with van der Waals surface area (Å²) in [4.78, 5) is 2.36. The quantitative estimate of drug-likeness (QED) is 0.167. The molecule has 0 N–H and O–H groups in total. The molecule has 0 bridgehead atoms. The van der Waals surface area contributed by atoms with Gasteiger partial charge in [-0.3, -0.25) is 4.99 Å². The summed E-state index contributed by atoms with van der Waals surface area (Å²) < 4.78 is 176. The second kappa shape index (κ2) is 11.4. The number of hydrogen-bond acceptors (Lipinski definition) is 3. The van der Waals surface area contributed by atoms with Gasteiger partial charge >= 0.3 is 24.7 Å². The van der Waals surface area contributed by atoms with Crippen LogP contribution in [0.25, 0.3) is 0 Å². The lowest BCUT2D eigenvalue weighted by Crippen LogP contribution is -2.58. The molecular weight excluding hydrogens is 591 g/mol. The molecule has 0 fully saturated rings. The number of nitrogens with zero attached hydrogens (tertiary/aromatic N) is 2. The minimum atomic E-state index is -6.36. The Morgan fingerprint density at radius 1 is 0.675 bits per heavy atom. The van der Waals surface area contributed by atoms with Gasteiger partial charge in [-0.2, -0.15) is 52.7 Å². The Balaban J connectivity index is 3.11. The highest BCUT2D eigenvalue weighted by molar-refractivity contribution is 7.76. The summed E-state index contributed by atoms with van der Waals surface area (Å²) in [5.41, 5.74) is -11.9. The van der Waals surface area contributed by atoms with E-state index in [4.69, 9.17) is 4.52 Å². The highest BCUT2D eigenvalue weighted by Crippen LogP contribution is 2.59. The first-order valence-corrected chi connectivity index (χ1v) is 13.0. The number of halogens is 12. The summed E-state index contributed by atoms with van der Waals surface area (Å²) in [5.74, 6) is 0. The minimum absolute atomic E-state index is 0.200. The van der Waals surface area contributed by atoms with Crippen LogP contribution in [0.4, 0.5) is 52.7 Å². The zero-order valence-electron chi connectivity index (χ0n) is 21.0. The molecule has 0 radical (unpaired) electrons. The van der Waals surface area contributed by atoms with Crippen LogP contribution in [0.2, 0.25) is 0 Å². The molecule has 3 nitrogen and oxygen atoms in total. The Hall–Kier alpha value is -2.54. The lowest BCUT2D eigenvalue weighted by molar-refractivity contribution is -0.299. The smallest absolute Gasteiger partial charge is 0.337 e. The van der Waals surface area contributed by atoms with Crippen LogP contribution in [0.1, 0.15) is 27.2 Å². The second-order valence-corrected chi connectivity index (χ2v) is 11.7. The standard InChI is InChI=1S/C24H23F12N2OP/c1-4-39-40(16-11-7-5-8-12-16,17-13-9-6-10-14-17)38-20(23(31,32)33,24(34,35)36)15-19(2,3)37-18(21(25,26)27)22(28,29)30/h5-14H,4,15H2,1-3H3. The number of benzene rings is 2. The van der Waals surface area contributed by atoms with E-state index in [0.29, 0.717) is 13.8 Å². The molecule has 16 heteroatoms. The molecule has 0 amide bonds. The average Bonchev–Trinajstić information content (AvgIpc) is 2.80. The van der Waals surface area contributed by atoms with E-state index in [-0.39, 0.29) is 10.6 Å². The Morgan fingerprint density at radius 3 is 1.35 bits per heavy atom. The van der Waals surface area contributed by atoms with Crippen LogP contribution in [0.15, 0.2) is 70.4 Å². The molecule has 0 unspecified atom stereocenters. The van der Waals surface area contributed by atoms with Gasteiger partial charge in [0.25, 0.3) is 5.54 Å². The first kappa shape index (κ1) is 33.7. The van der Waals surface area contributed by atoms with Crippen molar-refractivity contribution in [2.75, 3.05) is 6.61 Å². The molecule has 0 saturated carbocycles. The summed E-state index contributed by atoms with van der Waals surface area (Å²) >= 11 is 0. The summed E-state index contributed by atoms with van der Waals surface area (Å²) in [5, 5.41) is -0.401. The van der Waals surface area contributed by atoms with E-state index >= 15 is 0 Å². The molecule has 40 heavy (non-hydrogen) atoms. The fraction of sp³-hybridized carbons (Fsp3) is 0.458. The van der Waals surface area contributed by atoms with E-state index in [1.807, 2.05) is 0 Å². The predicted octanol–water partition coefficient (Wildman–Crippen LogP) is 8.39. The third-order valence-electron chi connectivity index (χ3n) is 5.42. The van der Waals surface area contributed by atoms with Gasteiger partial charge in [-0.15, -0.1) is 0 Å². The van der Waals surface area contributed by atoms with Gasteiger partial charge in [0, 0.05) is 17.0 Å². The molecular formula is C24H23F12N2OP. The van der Waals surface area contributed by atoms with E-state index in [1.54, 1.807) is 0 Å². The second-order valence-electron chi connectivity index (χ2n) is 9.07. The molecule has 0 spiro atoms.